The molecule has 0 atom stereocenters. The van der Waals surface area contributed by atoms with Crippen LogP contribution in [0.25, 0.3) is 0 Å². The van der Waals surface area contributed by atoms with Gasteiger partial charge < -0.3 is 4.74 Å². The summed E-state index contributed by atoms with van der Waals surface area (Å²) in [5.74, 6) is 0.790. The first-order valence-corrected chi connectivity index (χ1v) is 7.03. The van der Waals surface area contributed by atoms with E-state index in [0.29, 0.717) is 6.54 Å². The molecule has 0 amide bonds. The Labute approximate surface area is 120 Å². The first kappa shape index (κ1) is 13.9. The van der Waals surface area contributed by atoms with E-state index in [0.717, 1.165) is 28.8 Å². The Morgan fingerprint density at radius 2 is 2.00 bits per heavy atom. The number of nitrogens with zero attached hydrogens (tertiary/aromatic N) is 2. The van der Waals surface area contributed by atoms with Gasteiger partial charge in [-0.3, -0.25) is 9.13 Å². The van der Waals surface area contributed by atoms with E-state index in [1.807, 2.05) is 30.6 Å². The number of aromatic nitrogens is 2. The van der Waals surface area contributed by atoms with Crippen molar-refractivity contribution >= 4 is 15.9 Å². The Morgan fingerprint density at radius 1 is 1.26 bits per heavy atom. The average molecular weight is 325 g/mol. The predicted molar refractivity (Wildman–Crippen MR) is 78.8 cm³/mol. The van der Waals surface area contributed by atoms with Gasteiger partial charge >= 0.3 is 5.69 Å². The minimum Gasteiger partial charge on any atom is -0.496 e. The van der Waals surface area contributed by atoms with Crippen molar-refractivity contribution < 1.29 is 4.74 Å². The predicted octanol–water partition coefficient (Wildman–Crippen LogP) is 2.88. The normalized spacial score (nSPS) is 10.7. The first-order valence-electron chi connectivity index (χ1n) is 6.23. The second kappa shape index (κ2) is 6.10. The van der Waals surface area contributed by atoms with Gasteiger partial charge in [-0.15, -0.1) is 0 Å². The lowest BCUT2D eigenvalue weighted by Crippen LogP contribution is -2.24. The summed E-state index contributed by atoms with van der Waals surface area (Å²) in [5, 5.41) is 0. The molecule has 5 heteroatoms. The highest BCUT2D eigenvalue weighted by Crippen LogP contribution is 2.23. The van der Waals surface area contributed by atoms with Crippen molar-refractivity contribution in [2.45, 2.75) is 26.4 Å². The standard InChI is InChI=1S/C14H17BrN2O2/c1-3-6-16-7-8-17(14(16)18)10-11-9-12(15)4-5-13(11)19-2/h4-5,7-9H,3,6,10H2,1-2H3. The summed E-state index contributed by atoms with van der Waals surface area (Å²) in [5.41, 5.74) is 0.997. The lowest BCUT2D eigenvalue weighted by molar-refractivity contribution is 0.408. The van der Waals surface area contributed by atoms with Crippen molar-refractivity contribution in [2.75, 3.05) is 7.11 Å². The van der Waals surface area contributed by atoms with E-state index in [1.165, 1.54) is 0 Å². The maximum absolute atomic E-state index is 12.1. The Morgan fingerprint density at radius 3 is 2.68 bits per heavy atom. The van der Waals surface area contributed by atoms with Gasteiger partial charge in [0, 0.05) is 29.0 Å². The van der Waals surface area contributed by atoms with Crippen LogP contribution < -0.4 is 10.4 Å². The molecule has 0 aliphatic rings. The Hall–Kier alpha value is -1.49. The molecule has 19 heavy (non-hydrogen) atoms. The number of rotatable bonds is 5. The van der Waals surface area contributed by atoms with Crippen LogP contribution in [0, 0.1) is 0 Å². The minimum absolute atomic E-state index is 0.0175. The van der Waals surface area contributed by atoms with Gasteiger partial charge in [-0.05, 0) is 24.6 Å². The number of methoxy groups -OCH3 is 1. The molecule has 0 fully saturated rings. The highest BCUT2D eigenvalue weighted by Gasteiger charge is 2.08. The number of imidazole rings is 1. The zero-order chi connectivity index (χ0) is 13.8. The molecular weight excluding hydrogens is 308 g/mol. The third-order valence-corrected chi connectivity index (χ3v) is 3.46. The third-order valence-electron chi connectivity index (χ3n) is 2.97. The van der Waals surface area contributed by atoms with Crippen LogP contribution in [0.3, 0.4) is 0 Å². The van der Waals surface area contributed by atoms with Gasteiger partial charge in [0.05, 0.1) is 13.7 Å². The van der Waals surface area contributed by atoms with Crippen LogP contribution in [0.15, 0.2) is 39.9 Å². The van der Waals surface area contributed by atoms with Crippen LogP contribution in [0.1, 0.15) is 18.9 Å². The Balaban J connectivity index is 2.31. The summed E-state index contributed by atoms with van der Waals surface area (Å²) in [6.45, 7) is 3.32. The van der Waals surface area contributed by atoms with E-state index in [1.54, 1.807) is 16.2 Å². The largest absolute Gasteiger partial charge is 0.496 e. The molecule has 4 nitrogen and oxygen atoms in total. The molecule has 0 spiro atoms. The van der Waals surface area contributed by atoms with Gasteiger partial charge in [0.2, 0.25) is 0 Å². The van der Waals surface area contributed by atoms with E-state index < -0.39 is 0 Å². The van der Waals surface area contributed by atoms with Crippen LogP contribution >= 0.6 is 15.9 Å². The van der Waals surface area contributed by atoms with Crippen molar-refractivity contribution in [3.8, 4) is 5.75 Å². The van der Waals surface area contributed by atoms with Gasteiger partial charge in [0.15, 0.2) is 0 Å². The minimum atomic E-state index is 0.0175. The molecule has 0 unspecified atom stereocenters. The summed E-state index contributed by atoms with van der Waals surface area (Å²) >= 11 is 3.44. The van der Waals surface area contributed by atoms with Crippen molar-refractivity contribution in [3.63, 3.8) is 0 Å². The number of ether oxygens (including phenoxy) is 1. The van der Waals surface area contributed by atoms with Crippen LogP contribution in [0.2, 0.25) is 0 Å². The fraction of sp³-hybridized carbons (Fsp3) is 0.357. The highest BCUT2D eigenvalue weighted by molar-refractivity contribution is 9.10. The Kier molecular flexibility index (Phi) is 4.47. The second-order valence-corrected chi connectivity index (χ2v) is 5.27. The van der Waals surface area contributed by atoms with Crippen LogP contribution in [0.4, 0.5) is 0 Å². The topological polar surface area (TPSA) is 36.2 Å². The molecule has 1 aromatic carbocycles. The quantitative estimate of drug-likeness (QED) is 0.847. The molecule has 1 heterocycles. The van der Waals surface area contributed by atoms with E-state index in [9.17, 15) is 4.79 Å². The van der Waals surface area contributed by atoms with E-state index in [-0.39, 0.29) is 5.69 Å². The fourth-order valence-electron chi connectivity index (χ4n) is 2.04. The lowest BCUT2D eigenvalue weighted by Gasteiger charge is -2.09. The van der Waals surface area contributed by atoms with Crippen LogP contribution in [-0.2, 0) is 13.1 Å². The zero-order valence-corrected chi connectivity index (χ0v) is 12.7. The maximum atomic E-state index is 12.1. The zero-order valence-electron chi connectivity index (χ0n) is 11.1. The number of aryl methyl sites for hydroxylation is 1. The molecule has 102 valence electrons. The number of halogens is 1. The van der Waals surface area contributed by atoms with E-state index >= 15 is 0 Å². The summed E-state index contributed by atoms with van der Waals surface area (Å²) in [7, 11) is 1.64. The summed E-state index contributed by atoms with van der Waals surface area (Å²) in [4.78, 5) is 12.1. The molecular formula is C14H17BrN2O2. The third kappa shape index (κ3) is 3.10. The van der Waals surface area contributed by atoms with Gasteiger partial charge in [0.25, 0.3) is 0 Å². The molecule has 0 radical (unpaired) electrons. The maximum Gasteiger partial charge on any atom is 0.328 e. The molecule has 2 aromatic rings. The summed E-state index contributed by atoms with van der Waals surface area (Å²) in [6, 6.07) is 5.79. The number of hydrogen-bond acceptors (Lipinski definition) is 2. The lowest BCUT2D eigenvalue weighted by atomic mass is 10.2. The van der Waals surface area contributed by atoms with E-state index in [4.69, 9.17) is 4.74 Å². The van der Waals surface area contributed by atoms with Gasteiger partial charge in [-0.2, -0.15) is 0 Å². The van der Waals surface area contributed by atoms with Gasteiger partial charge in [-0.25, -0.2) is 4.79 Å². The first-order chi connectivity index (χ1) is 9.15. The smallest absolute Gasteiger partial charge is 0.328 e. The highest BCUT2D eigenvalue weighted by atomic mass is 79.9. The molecule has 0 N–H and O–H groups in total. The molecule has 0 aliphatic carbocycles. The van der Waals surface area contributed by atoms with E-state index in [2.05, 4.69) is 22.9 Å². The van der Waals surface area contributed by atoms with Crippen LogP contribution in [-0.4, -0.2) is 16.2 Å². The monoisotopic (exact) mass is 324 g/mol. The van der Waals surface area contributed by atoms with Crippen LogP contribution in [0.5, 0.6) is 5.75 Å². The molecule has 0 aliphatic heterocycles. The molecule has 0 saturated heterocycles. The molecule has 0 saturated carbocycles. The van der Waals surface area contributed by atoms with Crippen molar-refractivity contribution in [3.05, 3.63) is 51.1 Å². The molecule has 0 bridgehead atoms. The Bertz CT molecular complexity index is 616. The fourth-order valence-corrected chi connectivity index (χ4v) is 2.45. The van der Waals surface area contributed by atoms with Crippen molar-refractivity contribution in [2.24, 2.45) is 0 Å². The SMILES string of the molecule is CCCn1ccn(Cc2cc(Br)ccc2OC)c1=O. The molecule has 2 rings (SSSR count). The summed E-state index contributed by atoms with van der Waals surface area (Å²) < 4.78 is 9.72. The van der Waals surface area contributed by atoms with Crippen molar-refractivity contribution in [1.82, 2.24) is 9.13 Å². The van der Waals surface area contributed by atoms with Crippen molar-refractivity contribution in [1.29, 1.82) is 0 Å². The molecule has 1 aromatic heterocycles. The van der Waals surface area contributed by atoms with Gasteiger partial charge in [-0.1, -0.05) is 22.9 Å². The average Bonchev–Trinajstić information content (AvgIpc) is 2.73. The number of benzene rings is 1. The number of hydrogen-bond donors (Lipinski definition) is 0. The second-order valence-electron chi connectivity index (χ2n) is 4.36. The summed E-state index contributed by atoms with van der Waals surface area (Å²) in [6.07, 6.45) is 4.60. The van der Waals surface area contributed by atoms with Gasteiger partial charge in [0.1, 0.15) is 5.75 Å².